The van der Waals surface area contributed by atoms with Gasteiger partial charge in [0.1, 0.15) is 47.5 Å². The molecule has 0 radical (unpaired) electrons. The number of thiazole rings is 1. The van der Waals surface area contributed by atoms with Crippen LogP contribution in [0.5, 0.6) is 17.2 Å². The minimum absolute atomic E-state index is 0.0809. The smallest absolute Gasteiger partial charge is 0.312 e. The Morgan fingerprint density at radius 1 is 0.741 bits per heavy atom. The minimum Gasteiger partial charge on any atom is -0.496 e. The number of hydrogen-bond donors (Lipinski definition) is 2. The van der Waals surface area contributed by atoms with Crippen LogP contribution in [0.2, 0.25) is 5.02 Å². The van der Waals surface area contributed by atoms with Gasteiger partial charge in [0.2, 0.25) is 0 Å². The molecule has 0 amide bonds. The fraction of sp³-hybridized carbons (Fsp3) is 0.500. The van der Waals surface area contributed by atoms with Gasteiger partial charge in [-0.05, 0) is 195 Å². The number of anilines is 2. The molecule has 85 heavy (non-hydrogen) atoms. The Hall–Kier alpha value is -6.27. The number of aryl methyl sites for hydroxylation is 1. The SMILES string of the molecule is COc1cc(COc2c(Cl)cccc2-c2csc(N3CC[C@H](C(=O)OC(C)(C)C)[C@H](OC)C3)n2)cc2c1CNCC2.Cc1cccc(-c2cccc(N3CC[C@H](C(=O)OC(C)(C)C)[C@@H]4OCCC[C@H]43)n2)c1OCc1ccc2c(c1C)CCNCC2. The van der Waals surface area contributed by atoms with Crippen molar-refractivity contribution in [3.63, 3.8) is 0 Å². The minimum atomic E-state index is -0.531. The second-order valence-electron chi connectivity index (χ2n) is 25.0. The number of piperidine rings is 2. The molecule has 454 valence electrons. The predicted octanol–water partition coefficient (Wildman–Crippen LogP) is 12.2. The number of carbonyl (C=O) groups is 2. The lowest BCUT2D eigenvalue weighted by Gasteiger charge is -2.47. The van der Waals surface area contributed by atoms with Crippen molar-refractivity contribution in [3.05, 3.63) is 134 Å². The van der Waals surface area contributed by atoms with Crippen LogP contribution in [0.3, 0.4) is 0 Å². The number of nitrogens with one attached hydrogen (secondary N) is 2. The van der Waals surface area contributed by atoms with E-state index in [9.17, 15) is 9.59 Å². The first-order valence-electron chi connectivity index (χ1n) is 30.3. The van der Waals surface area contributed by atoms with Crippen molar-refractivity contribution >= 4 is 45.8 Å². The van der Waals surface area contributed by atoms with E-state index in [2.05, 4.69) is 88.9 Å². The van der Waals surface area contributed by atoms with Crippen LogP contribution in [-0.4, -0.2) is 111 Å². The molecule has 0 bridgehead atoms. The Morgan fingerprint density at radius 3 is 2.22 bits per heavy atom. The summed E-state index contributed by atoms with van der Waals surface area (Å²) in [5.41, 5.74) is 12.6. The standard InChI is InChI=1S/C37H47N3O4.C31H38ClN3O5S/c1-24-9-6-10-29(34(24)43-23-27-15-14-26-16-19-38-20-17-28(26)25(27)2)31-11-7-13-33(39-31)40-21-18-30(36(41)44-37(3,4)5)35-32(40)12-8-22-42-35;1-31(2,3)40-29(36)22-10-12-35(16-27(22)38-5)30-34-25(18-41-30)21-7-6-8-24(32)28(21)39-17-19-13-20-9-11-33-15-23(20)26(14-19)37-4/h6-7,9-11,13-15,30,32,35,38H,8,12,16-23H2,1-5H3;6-8,13-14,18,22,27,33H,9-12,15-17H2,1-5H3/t30-,32+,35-;22-,27+/m00/s1. The second-order valence-corrected chi connectivity index (χ2v) is 26.2. The average Bonchev–Trinajstić information content (AvgIpc) is 4.07. The van der Waals surface area contributed by atoms with Gasteiger partial charge in [-0.3, -0.25) is 9.59 Å². The first-order valence-corrected chi connectivity index (χ1v) is 31.5. The topological polar surface area (TPSA) is 155 Å². The number of halogens is 1. The van der Waals surface area contributed by atoms with Crippen molar-refractivity contribution in [2.45, 2.75) is 150 Å². The van der Waals surface area contributed by atoms with Gasteiger partial charge in [-0.15, -0.1) is 11.3 Å². The molecule has 5 atom stereocenters. The molecule has 11 rings (SSSR count). The van der Waals surface area contributed by atoms with Gasteiger partial charge in [-0.25, -0.2) is 9.97 Å². The first-order chi connectivity index (χ1) is 40.9. The van der Waals surface area contributed by atoms with E-state index in [1.54, 1.807) is 25.6 Å². The van der Waals surface area contributed by atoms with Gasteiger partial charge in [0.15, 0.2) is 5.13 Å². The van der Waals surface area contributed by atoms with Gasteiger partial charge in [0.05, 0.1) is 53.6 Å². The lowest BCUT2D eigenvalue weighted by molar-refractivity contribution is -0.170. The van der Waals surface area contributed by atoms with Crippen molar-refractivity contribution in [1.82, 2.24) is 20.6 Å². The number of esters is 2. The summed E-state index contributed by atoms with van der Waals surface area (Å²) in [5, 5.41) is 10.3. The Kier molecular flexibility index (Phi) is 19.8. The van der Waals surface area contributed by atoms with Gasteiger partial charge in [0, 0.05) is 62.0 Å². The van der Waals surface area contributed by atoms with Crippen LogP contribution < -0.4 is 34.6 Å². The molecule has 0 spiro atoms. The van der Waals surface area contributed by atoms with E-state index in [-0.39, 0.29) is 42.0 Å². The number of methoxy groups -OCH3 is 2. The summed E-state index contributed by atoms with van der Waals surface area (Å²) in [4.78, 5) is 40.6. The van der Waals surface area contributed by atoms with Gasteiger partial charge in [0.25, 0.3) is 0 Å². The van der Waals surface area contributed by atoms with E-state index in [4.69, 9.17) is 54.7 Å². The molecule has 3 saturated heterocycles. The molecule has 4 aromatic carbocycles. The van der Waals surface area contributed by atoms with Crippen molar-refractivity contribution in [2.75, 3.05) is 69.9 Å². The third-order valence-corrected chi connectivity index (χ3v) is 18.0. The summed E-state index contributed by atoms with van der Waals surface area (Å²) in [5.74, 6) is 2.33. The van der Waals surface area contributed by atoms with Crippen LogP contribution in [0.1, 0.15) is 112 Å². The maximum Gasteiger partial charge on any atom is 0.312 e. The number of para-hydroxylation sites is 2. The van der Waals surface area contributed by atoms with Crippen LogP contribution in [0.4, 0.5) is 10.9 Å². The molecule has 3 fully saturated rings. The van der Waals surface area contributed by atoms with E-state index in [0.29, 0.717) is 56.5 Å². The number of aromatic nitrogens is 2. The highest BCUT2D eigenvalue weighted by atomic mass is 35.5. The quantitative estimate of drug-likeness (QED) is 0.0993. The first kappa shape index (κ1) is 61.8. The molecule has 0 saturated carbocycles. The zero-order valence-electron chi connectivity index (χ0n) is 51.2. The van der Waals surface area contributed by atoms with Gasteiger partial charge in [-0.1, -0.05) is 54.1 Å². The summed E-state index contributed by atoms with van der Waals surface area (Å²) in [7, 11) is 3.35. The Morgan fingerprint density at radius 2 is 1.45 bits per heavy atom. The largest absolute Gasteiger partial charge is 0.496 e. The van der Waals surface area contributed by atoms with E-state index in [1.165, 1.54) is 33.4 Å². The summed E-state index contributed by atoms with van der Waals surface area (Å²) < 4.78 is 42.1. The number of carbonyl (C=O) groups excluding carboxylic acids is 2. The summed E-state index contributed by atoms with van der Waals surface area (Å²) in [6.45, 7) is 23.1. The number of fused-ring (bicyclic) bond motifs is 3. The zero-order chi connectivity index (χ0) is 60.0. The molecule has 6 aromatic rings. The van der Waals surface area contributed by atoms with Crippen molar-refractivity contribution in [1.29, 1.82) is 0 Å². The zero-order valence-corrected chi connectivity index (χ0v) is 52.8. The predicted molar refractivity (Wildman–Crippen MR) is 337 cm³/mol. The highest BCUT2D eigenvalue weighted by molar-refractivity contribution is 7.14. The third-order valence-electron chi connectivity index (χ3n) is 16.8. The molecule has 2 N–H and O–H groups in total. The maximum atomic E-state index is 13.1. The number of rotatable bonds is 14. The Balaban J connectivity index is 0.000000190. The fourth-order valence-corrected chi connectivity index (χ4v) is 13.6. The molecule has 7 heterocycles. The van der Waals surface area contributed by atoms with Crippen molar-refractivity contribution < 1.29 is 42.7 Å². The number of hydrogen-bond acceptors (Lipinski definition) is 16. The highest BCUT2D eigenvalue weighted by Gasteiger charge is 2.46. The normalized spacial score (nSPS) is 20.6. The Labute approximate surface area is 511 Å². The maximum absolute atomic E-state index is 13.1. The summed E-state index contributed by atoms with van der Waals surface area (Å²) in [6, 6.07) is 27.0. The van der Waals surface area contributed by atoms with Crippen LogP contribution in [0.25, 0.3) is 22.5 Å². The average molecular weight is 1200 g/mol. The van der Waals surface area contributed by atoms with Crippen molar-refractivity contribution in [3.8, 4) is 39.8 Å². The van der Waals surface area contributed by atoms with Crippen LogP contribution in [0, 0.1) is 25.7 Å². The lowest BCUT2D eigenvalue weighted by Crippen LogP contribution is -2.58. The number of pyridine rings is 1. The molecular weight excluding hydrogens is 1110 g/mol. The van der Waals surface area contributed by atoms with Crippen LogP contribution in [-0.2, 0) is 67.6 Å². The van der Waals surface area contributed by atoms with Gasteiger partial charge >= 0.3 is 11.9 Å². The van der Waals surface area contributed by atoms with Crippen LogP contribution in [0.15, 0.2) is 84.2 Å². The van der Waals surface area contributed by atoms with Crippen LogP contribution >= 0.6 is 22.9 Å². The monoisotopic (exact) mass is 1200 g/mol. The van der Waals surface area contributed by atoms with E-state index >= 15 is 0 Å². The van der Waals surface area contributed by atoms with Gasteiger partial charge < -0.3 is 53.6 Å². The molecule has 0 unspecified atom stereocenters. The third kappa shape index (κ3) is 14.8. The number of nitrogens with zero attached hydrogens (tertiary/aromatic N) is 4. The number of ether oxygens (including phenoxy) is 7. The molecule has 2 aromatic heterocycles. The lowest BCUT2D eigenvalue weighted by atomic mass is 9.83. The molecule has 5 aliphatic heterocycles. The second kappa shape index (κ2) is 27.2. The van der Waals surface area contributed by atoms with Gasteiger partial charge in [-0.2, -0.15) is 0 Å². The highest BCUT2D eigenvalue weighted by Crippen LogP contribution is 2.42. The molecular formula is C68H85ClN6O9S. The van der Waals surface area contributed by atoms with E-state index < -0.39 is 11.2 Å². The molecule has 17 heteroatoms. The van der Waals surface area contributed by atoms with Crippen molar-refractivity contribution in [2.24, 2.45) is 11.8 Å². The summed E-state index contributed by atoms with van der Waals surface area (Å²) >= 11 is 8.21. The number of benzene rings is 4. The summed E-state index contributed by atoms with van der Waals surface area (Å²) in [6.07, 6.45) is 5.85. The fourth-order valence-electron chi connectivity index (χ4n) is 12.5. The molecule has 5 aliphatic rings. The molecule has 0 aliphatic carbocycles. The Bertz CT molecular complexity index is 3300. The van der Waals surface area contributed by atoms with E-state index in [1.807, 2.05) is 71.2 Å². The molecule has 15 nitrogen and oxygen atoms in total. The van der Waals surface area contributed by atoms with E-state index in [0.717, 1.165) is 121 Å².